The smallest absolute Gasteiger partial charge is 0.321 e. The maximum atomic E-state index is 13.3. The van der Waals surface area contributed by atoms with Gasteiger partial charge in [-0.3, -0.25) is 4.79 Å². The molecule has 0 spiro atoms. The van der Waals surface area contributed by atoms with Crippen molar-refractivity contribution in [2.24, 2.45) is 5.92 Å². The highest BCUT2D eigenvalue weighted by Crippen LogP contribution is 2.33. The van der Waals surface area contributed by atoms with Gasteiger partial charge in [0.2, 0.25) is 0 Å². The number of amides is 2. The zero-order valence-electron chi connectivity index (χ0n) is 17.0. The van der Waals surface area contributed by atoms with Crippen molar-refractivity contribution in [3.8, 4) is 5.75 Å². The summed E-state index contributed by atoms with van der Waals surface area (Å²) in [6.45, 7) is 1.94. The Hall–Kier alpha value is -2.05. The SMILES string of the molecule is Cc1cc(Cl)c(OCCO)cc1CC(=O)C1=CN(C)C(=O)N[C@H]1C1CCCCC1. The number of ketones is 1. The van der Waals surface area contributed by atoms with E-state index < -0.39 is 0 Å². The maximum Gasteiger partial charge on any atom is 0.321 e. The van der Waals surface area contributed by atoms with Crippen LogP contribution in [0.5, 0.6) is 5.75 Å². The van der Waals surface area contributed by atoms with Crippen LogP contribution in [0.2, 0.25) is 5.02 Å². The Bertz CT molecular complexity index is 802. The first-order valence-corrected chi connectivity index (χ1v) is 10.6. The Balaban J connectivity index is 1.83. The molecule has 1 aliphatic carbocycles. The molecule has 0 unspecified atom stereocenters. The van der Waals surface area contributed by atoms with Crippen molar-refractivity contribution in [2.45, 2.75) is 51.5 Å². The van der Waals surface area contributed by atoms with Crippen LogP contribution in [-0.4, -0.2) is 48.1 Å². The molecule has 1 atom stereocenters. The van der Waals surface area contributed by atoms with Crippen LogP contribution in [0.25, 0.3) is 0 Å². The van der Waals surface area contributed by atoms with E-state index in [4.69, 9.17) is 21.4 Å². The summed E-state index contributed by atoms with van der Waals surface area (Å²) in [7, 11) is 1.66. The summed E-state index contributed by atoms with van der Waals surface area (Å²) in [5, 5.41) is 12.5. The molecule has 1 heterocycles. The number of hydrogen-bond acceptors (Lipinski definition) is 4. The number of nitrogens with zero attached hydrogens (tertiary/aromatic N) is 1. The average Bonchev–Trinajstić information content (AvgIpc) is 2.71. The molecule has 3 rings (SSSR count). The summed E-state index contributed by atoms with van der Waals surface area (Å²) >= 11 is 6.23. The molecule has 0 bridgehead atoms. The van der Waals surface area contributed by atoms with E-state index in [9.17, 15) is 9.59 Å². The van der Waals surface area contributed by atoms with Gasteiger partial charge in [0.25, 0.3) is 0 Å². The number of Topliss-reactive ketones (excluding diaryl/α,β-unsaturated/α-hetero) is 1. The van der Waals surface area contributed by atoms with Crippen LogP contribution < -0.4 is 10.1 Å². The molecule has 29 heavy (non-hydrogen) atoms. The number of carbonyl (C=O) groups excluding carboxylic acids is 2. The molecule has 0 radical (unpaired) electrons. The number of aliphatic hydroxyl groups excluding tert-OH is 1. The van der Waals surface area contributed by atoms with Crippen molar-refractivity contribution in [3.63, 3.8) is 0 Å². The van der Waals surface area contributed by atoms with E-state index in [2.05, 4.69) is 5.32 Å². The van der Waals surface area contributed by atoms with E-state index in [-0.39, 0.29) is 37.5 Å². The molecule has 0 aromatic heterocycles. The van der Waals surface area contributed by atoms with E-state index in [1.54, 1.807) is 25.4 Å². The fourth-order valence-corrected chi connectivity index (χ4v) is 4.44. The minimum Gasteiger partial charge on any atom is -0.490 e. The van der Waals surface area contributed by atoms with E-state index in [0.29, 0.717) is 22.3 Å². The van der Waals surface area contributed by atoms with Crippen LogP contribution in [0.3, 0.4) is 0 Å². The van der Waals surface area contributed by atoms with Gasteiger partial charge in [0, 0.05) is 25.2 Å². The fourth-order valence-electron chi connectivity index (χ4n) is 4.17. The van der Waals surface area contributed by atoms with E-state index in [1.807, 2.05) is 6.92 Å². The van der Waals surface area contributed by atoms with Crippen LogP contribution in [-0.2, 0) is 11.2 Å². The molecular formula is C22H29ClN2O4. The van der Waals surface area contributed by atoms with Crippen LogP contribution in [0.4, 0.5) is 4.79 Å². The maximum absolute atomic E-state index is 13.3. The highest BCUT2D eigenvalue weighted by atomic mass is 35.5. The molecule has 1 aromatic carbocycles. The van der Waals surface area contributed by atoms with Gasteiger partial charge < -0.3 is 20.1 Å². The van der Waals surface area contributed by atoms with Gasteiger partial charge in [-0.2, -0.15) is 0 Å². The van der Waals surface area contributed by atoms with Crippen molar-refractivity contribution in [2.75, 3.05) is 20.3 Å². The monoisotopic (exact) mass is 420 g/mol. The highest BCUT2D eigenvalue weighted by molar-refractivity contribution is 6.32. The summed E-state index contributed by atoms with van der Waals surface area (Å²) in [5.74, 6) is 0.748. The largest absolute Gasteiger partial charge is 0.490 e. The Morgan fingerprint density at radius 1 is 1.31 bits per heavy atom. The first kappa shape index (κ1) is 21.7. The third kappa shape index (κ3) is 5.11. The molecule has 1 saturated carbocycles. The number of aryl methyl sites for hydroxylation is 1. The molecule has 2 N–H and O–H groups in total. The number of ether oxygens (including phenoxy) is 1. The molecule has 0 saturated heterocycles. The number of rotatable bonds is 7. The highest BCUT2D eigenvalue weighted by Gasteiger charge is 2.35. The van der Waals surface area contributed by atoms with Gasteiger partial charge in [0.05, 0.1) is 17.7 Å². The zero-order chi connectivity index (χ0) is 21.0. The van der Waals surface area contributed by atoms with Crippen LogP contribution in [0.1, 0.15) is 43.2 Å². The van der Waals surface area contributed by atoms with Crippen molar-refractivity contribution in [1.29, 1.82) is 0 Å². The van der Waals surface area contributed by atoms with Crippen molar-refractivity contribution >= 4 is 23.4 Å². The third-order valence-electron chi connectivity index (χ3n) is 5.80. The van der Waals surface area contributed by atoms with Crippen molar-refractivity contribution < 1.29 is 19.4 Å². The number of carbonyl (C=O) groups is 2. The summed E-state index contributed by atoms with van der Waals surface area (Å²) in [5.41, 5.74) is 2.39. The number of aliphatic hydroxyl groups is 1. The van der Waals surface area contributed by atoms with Gasteiger partial charge in [-0.1, -0.05) is 30.9 Å². The lowest BCUT2D eigenvalue weighted by molar-refractivity contribution is -0.115. The lowest BCUT2D eigenvalue weighted by Gasteiger charge is -2.36. The van der Waals surface area contributed by atoms with Gasteiger partial charge >= 0.3 is 6.03 Å². The van der Waals surface area contributed by atoms with Crippen LogP contribution in [0, 0.1) is 12.8 Å². The number of halogens is 1. The van der Waals surface area contributed by atoms with E-state index >= 15 is 0 Å². The molecular weight excluding hydrogens is 392 g/mol. The van der Waals surface area contributed by atoms with E-state index in [0.717, 1.165) is 36.8 Å². The van der Waals surface area contributed by atoms with Gasteiger partial charge in [-0.25, -0.2) is 4.79 Å². The van der Waals surface area contributed by atoms with Gasteiger partial charge in [-0.05, 0) is 48.9 Å². The molecule has 1 fully saturated rings. The predicted molar refractivity (Wildman–Crippen MR) is 112 cm³/mol. The number of nitrogens with one attached hydrogen (secondary N) is 1. The standard InChI is InChI=1S/C22H29ClN2O4/c1-14-10-18(23)20(29-9-8-26)12-16(14)11-19(27)17-13-25(2)22(28)24-21(17)15-6-4-3-5-7-15/h10,12-13,15,21,26H,3-9,11H2,1-2H3,(H,24,28)/t21-/m0/s1. The minimum atomic E-state index is -0.232. The summed E-state index contributed by atoms with van der Waals surface area (Å²) in [6, 6.07) is 3.15. The second-order valence-electron chi connectivity index (χ2n) is 7.90. The van der Waals surface area contributed by atoms with Crippen LogP contribution in [0.15, 0.2) is 23.9 Å². The first-order valence-electron chi connectivity index (χ1n) is 10.2. The minimum absolute atomic E-state index is 0.00838. The number of urea groups is 1. The molecule has 158 valence electrons. The van der Waals surface area contributed by atoms with Crippen molar-refractivity contribution in [1.82, 2.24) is 10.2 Å². The Kier molecular flexibility index (Phi) is 7.19. The molecule has 6 nitrogen and oxygen atoms in total. The van der Waals surface area contributed by atoms with Gasteiger partial charge in [0.1, 0.15) is 12.4 Å². The zero-order valence-corrected chi connectivity index (χ0v) is 17.8. The lowest BCUT2D eigenvalue weighted by Crippen LogP contribution is -2.51. The Morgan fingerprint density at radius 3 is 2.72 bits per heavy atom. The summed E-state index contributed by atoms with van der Waals surface area (Å²) < 4.78 is 5.48. The molecule has 7 heteroatoms. The van der Waals surface area contributed by atoms with Gasteiger partial charge in [-0.15, -0.1) is 0 Å². The second-order valence-corrected chi connectivity index (χ2v) is 8.31. The first-order chi connectivity index (χ1) is 13.9. The molecule has 2 aliphatic rings. The third-order valence-corrected chi connectivity index (χ3v) is 6.10. The average molecular weight is 421 g/mol. The Labute approximate surface area is 176 Å². The lowest BCUT2D eigenvalue weighted by atomic mass is 9.79. The molecule has 1 aliphatic heterocycles. The second kappa shape index (κ2) is 9.63. The Morgan fingerprint density at radius 2 is 2.03 bits per heavy atom. The molecule has 2 amide bonds. The fraction of sp³-hybridized carbons (Fsp3) is 0.545. The normalized spacial score (nSPS) is 20.3. The topological polar surface area (TPSA) is 78.9 Å². The molecule has 1 aromatic rings. The van der Waals surface area contributed by atoms with Crippen LogP contribution >= 0.6 is 11.6 Å². The van der Waals surface area contributed by atoms with Crippen molar-refractivity contribution in [3.05, 3.63) is 40.1 Å². The van der Waals surface area contributed by atoms with E-state index in [1.165, 1.54) is 11.3 Å². The summed E-state index contributed by atoms with van der Waals surface area (Å²) in [4.78, 5) is 26.9. The van der Waals surface area contributed by atoms with Gasteiger partial charge in [0.15, 0.2) is 5.78 Å². The quantitative estimate of drug-likeness (QED) is 0.706. The number of hydrogen-bond donors (Lipinski definition) is 2. The predicted octanol–water partition coefficient (Wildman–Crippen LogP) is 3.62. The number of benzene rings is 1. The summed E-state index contributed by atoms with van der Waals surface area (Å²) in [6.07, 6.45) is 7.43.